The summed E-state index contributed by atoms with van der Waals surface area (Å²) < 4.78 is 10.4. The predicted octanol–water partition coefficient (Wildman–Crippen LogP) is 4.63. The summed E-state index contributed by atoms with van der Waals surface area (Å²) in [6, 6.07) is 1.55. The summed E-state index contributed by atoms with van der Waals surface area (Å²) in [5.74, 6) is 0. The Hall–Kier alpha value is -1.29. The molecule has 1 heterocycles. The molecule has 0 amide bonds. The fourth-order valence-electron chi connectivity index (χ4n) is 2.65. The van der Waals surface area contributed by atoms with Gasteiger partial charge in [-0.15, -0.1) is 19.7 Å². The molecular weight excluding hydrogens is 242 g/mol. The first kappa shape index (κ1) is 14.8. The van der Waals surface area contributed by atoms with E-state index in [1.165, 1.54) is 0 Å². The molecule has 1 rings (SSSR count). The van der Waals surface area contributed by atoms with E-state index >= 15 is 0 Å². The lowest BCUT2D eigenvalue weighted by atomic mass is 9.90. The lowest BCUT2D eigenvalue weighted by Crippen LogP contribution is -2.50. The molecule has 1 unspecified atom stereocenters. The summed E-state index contributed by atoms with van der Waals surface area (Å²) >= 11 is 0. The molecular formula is C13H21N3OSi. The highest BCUT2D eigenvalue weighted by molar-refractivity contribution is 6.72. The lowest BCUT2D eigenvalue weighted by molar-refractivity contribution is 0.0371. The molecule has 18 heavy (non-hydrogen) atoms. The third-order valence-corrected chi connectivity index (χ3v) is 6.66. The van der Waals surface area contributed by atoms with Gasteiger partial charge in [0.1, 0.15) is 0 Å². The summed E-state index contributed by atoms with van der Waals surface area (Å²) in [6.45, 7) is 11.4. The Labute approximate surface area is 110 Å². The van der Waals surface area contributed by atoms with Crippen molar-refractivity contribution in [3.63, 3.8) is 0 Å². The van der Waals surface area contributed by atoms with E-state index < -0.39 is 8.48 Å². The van der Waals surface area contributed by atoms with Gasteiger partial charge in [-0.1, -0.05) is 29.4 Å². The summed E-state index contributed by atoms with van der Waals surface area (Å²) in [5, 5.41) is 0. The Kier molecular flexibility index (Phi) is 5.41. The van der Waals surface area contributed by atoms with Crippen LogP contribution < -0.4 is 0 Å². The van der Waals surface area contributed by atoms with Crippen LogP contribution in [0, 0.1) is 0 Å². The Bertz CT molecular complexity index is 366. The number of hydrogen-bond donors (Lipinski definition) is 0. The largest absolute Gasteiger partial charge is 0.404 e. The minimum Gasteiger partial charge on any atom is -0.404 e. The number of azide groups is 1. The highest BCUT2D eigenvalue weighted by Crippen LogP contribution is 2.41. The molecule has 1 aliphatic heterocycles. The van der Waals surface area contributed by atoms with Crippen molar-refractivity contribution in [3.05, 3.63) is 48.4 Å². The van der Waals surface area contributed by atoms with E-state index in [9.17, 15) is 0 Å². The summed E-state index contributed by atoms with van der Waals surface area (Å²) in [5.41, 5.74) is 8.51. The molecule has 1 atom stereocenters. The van der Waals surface area contributed by atoms with Crippen LogP contribution >= 0.6 is 0 Å². The summed E-state index contributed by atoms with van der Waals surface area (Å²) in [7, 11) is -2.40. The first-order valence-electron chi connectivity index (χ1n) is 6.25. The van der Waals surface area contributed by atoms with Gasteiger partial charge in [0.15, 0.2) is 0 Å². The molecule has 0 aromatic rings. The van der Waals surface area contributed by atoms with Crippen molar-refractivity contribution in [1.29, 1.82) is 0 Å². The molecule has 0 aliphatic carbocycles. The van der Waals surface area contributed by atoms with E-state index in [0.717, 1.165) is 31.7 Å². The van der Waals surface area contributed by atoms with E-state index in [0.29, 0.717) is 6.04 Å². The summed E-state index contributed by atoms with van der Waals surface area (Å²) in [6.07, 6.45) is 9.09. The number of rotatable bonds is 7. The second-order valence-corrected chi connectivity index (χ2v) is 7.96. The Morgan fingerprint density at radius 2 is 1.94 bits per heavy atom. The van der Waals surface area contributed by atoms with Crippen LogP contribution in [0.2, 0.25) is 12.1 Å². The van der Waals surface area contributed by atoms with Gasteiger partial charge < -0.3 is 4.43 Å². The van der Waals surface area contributed by atoms with E-state index in [1.807, 2.05) is 12.2 Å². The molecule has 98 valence electrons. The van der Waals surface area contributed by atoms with Crippen LogP contribution in [0.3, 0.4) is 0 Å². The molecule has 4 nitrogen and oxygen atoms in total. The molecule has 0 bridgehead atoms. The van der Waals surface area contributed by atoms with Crippen LogP contribution in [0.5, 0.6) is 0 Å². The maximum Gasteiger partial charge on any atom is 0.291 e. The van der Waals surface area contributed by atoms with Crippen molar-refractivity contribution in [3.8, 4) is 0 Å². The van der Waals surface area contributed by atoms with Gasteiger partial charge in [-0.3, -0.25) is 0 Å². The molecule has 0 saturated carbocycles. The van der Waals surface area contributed by atoms with Gasteiger partial charge in [-0.25, -0.2) is 0 Å². The second kappa shape index (κ2) is 6.59. The molecule has 1 saturated heterocycles. The van der Waals surface area contributed by atoms with E-state index in [4.69, 9.17) is 9.96 Å². The topological polar surface area (TPSA) is 58.0 Å². The average Bonchev–Trinajstić information content (AvgIpc) is 2.30. The first-order valence-corrected chi connectivity index (χ1v) is 8.52. The van der Waals surface area contributed by atoms with Crippen molar-refractivity contribution in [1.82, 2.24) is 0 Å². The molecule has 0 aromatic heterocycles. The molecule has 1 fully saturated rings. The minimum absolute atomic E-state index is 0.273. The molecule has 0 radical (unpaired) electrons. The van der Waals surface area contributed by atoms with E-state index in [2.05, 4.69) is 29.4 Å². The van der Waals surface area contributed by atoms with E-state index in [1.54, 1.807) is 6.08 Å². The molecule has 5 heteroatoms. The zero-order chi connectivity index (χ0) is 13.5. The van der Waals surface area contributed by atoms with Crippen LogP contribution in [0.1, 0.15) is 25.7 Å². The molecule has 0 aromatic carbocycles. The van der Waals surface area contributed by atoms with Crippen molar-refractivity contribution < 1.29 is 4.43 Å². The van der Waals surface area contributed by atoms with Crippen molar-refractivity contribution in [2.75, 3.05) is 0 Å². The minimum atomic E-state index is -2.40. The lowest BCUT2D eigenvalue weighted by Gasteiger charge is -2.44. The van der Waals surface area contributed by atoms with Gasteiger partial charge in [0.2, 0.25) is 0 Å². The van der Waals surface area contributed by atoms with Gasteiger partial charge in [0.25, 0.3) is 8.48 Å². The van der Waals surface area contributed by atoms with Crippen molar-refractivity contribution in [2.24, 2.45) is 4.78 Å². The van der Waals surface area contributed by atoms with Crippen LogP contribution in [0.4, 0.5) is 0 Å². The van der Waals surface area contributed by atoms with Crippen molar-refractivity contribution in [2.45, 2.75) is 43.4 Å². The highest BCUT2D eigenvalue weighted by atomic mass is 28.4. The first-order chi connectivity index (χ1) is 8.66. The number of hydrogen-bond acceptors (Lipinski definition) is 2. The normalized spacial score (nSPS) is 25.8. The SMILES string of the molecule is C=CCC1(CC=C)CCC[Si](CC=C)(N=[N+]=[N-])O1. The Balaban J connectivity index is 3.01. The maximum atomic E-state index is 8.78. The van der Waals surface area contributed by atoms with Gasteiger partial charge >= 0.3 is 0 Å². The number of nitrogens with zero attached hydrogens (tertiary/aromatic N) is 3. The van der Waals surface area contributed by atoms with Crippen LogP contribution in [-0.4, -0.2) is 14.1 Å². The maximum absolute atomic E-state index is 8.78. The third kappa shape index (κ3) is 3.35. The van der Waals surface area contributed by atoms with Crippen LogP contribution in [-0.2, 0) is 4.43 Å². The highest BCUT2D eigenvalue weighted by Gasteiger charge is 2.45. The van der Waals surface area contributed by atoms with Crippen LogP contribution in [0.15, 0.2) is 42.7 Å². The zero-order valence-electron chi connectivity index (χ0n) is 10.8. The Morgan fingerprint density at radius 3 is 2.44 bits per heavy atom. The van der Waals surface area contributed by atoms with Gasteiger partial charge in [0, 0.05) is 0 Å². The smallest absolute Gasteiger partial charge is 0.291 e. The fraction of sp³-hybridized carbons (Fsp3) is 0.538. The van der Waals surface area contributed by atoms with E-state index in [-0.39, 0.29) is 5.60 Å². The molecule has 0 spiro atoms. The third-order valence-electron chi connectivity index (χ3n) is 3.33. The predicted molar refractivity (Wildman–Crippen MR) is 77.4 cm³/mol. The van der Waals surface area contributed by atoms with Crippen molar-refractivity contribution >= 4 is 8.48 Å². The van der Waals surface area contributed by atoms with Gasteiger partial charge in [-0.05, 0) is 41.8 Å². The standard InChI is InChI=1S/C13H21N3OSi/c1-4-8-13(9-5-2)10-7-12-18(17-13,11-6-3)16-15-14/h4-6H,1-3,7-12H2. The molecule has 0 N–H and O–H groups in total. The monoisotopic (exact) mass is 263 g/mol. The van der Waals surface area contributed by atoms with Crippen LogP contribution in [0.25, 0.3) is 10.4 Å². The zero-order valence-corrected chi connectivity index (χ0v) is 11.8. The average molecular weight is 263 g/mol. The Morgan fingerprint density at radius 1 is 1.28 bits per heavy atom. The number of allylic oxidation sites excluding steroid dienone is 1. The molecule has 1 aliphatic rings. The fourth-order valence-corrected chi connectivity index (χ4v) is 5.68. The van der Waals surface area contributed by atoms with Gasteiger partial charge in [-0.2, -0.15) is 0 Å². The van der Waals surface area contributed by atoms with Gasteiger partial charge in [0.05, 0.1) is 5.60 Å². The quantitative estimate of drug-likeness (QED) is 0.217. The summed E-state index contributed by atoms with van der Waals surface area (Å²) in [4.78, 5) is 3.00. The second-order valence-electron chi connectivity index (χ2n) is 4.75.